The van der Waals surface area contributed by atoms with E-state index in [0.29, 0.717) is 0 Å². The van der Waals surface area contributed by atoms with Gasteiger partial charge in [-0.05, 0) is 55.7 Å². The van der Waals surface area contributed by atoms with E-state index in [9.17, 15) is 0 Å². The largest absolute Gasteiger partial charge is 0.313 e. The molecular formula is C15H20ClNS. The van der Waals surface area contributed by atoms with Crippen molar-refractivity contribution in [3.05, 3.63) is 29.3 Å². The summed E-state index contributed by atoms with van der Waals surface area (Å²) in [6, 6.07) is 8.96. The molecule has 0 saturated heterocycles. The van der Waals surface area contributed by atoms with Gasteiger partial charge in [-0.3, -0.25) is 0 Å². The normalized spacial score (nSPS) is 19.4. The molecule has 0 heterocycles. The van der Waals surface area contributed by atoms with Gasteiger partial charge in [0.15, 0.2) is 0 Å². The van der Waals surface area contributed by atoms with Crippen LogP contribution in [-0.2, 0) is 0 Å². The number of thioether (sulfide) groups is 1. The number of hydrogen-bond acceptors (Lipinski definition) is 2. The standard InChI is InChI=1S/C15H20ClNS/c16-13-2-1-3-14(10-13)18-9-8-17-15(11-4-5-11)12-6-7-12/h1-3,10-12,15,17H,4-9H2. The second kappa shape index (κ2) is 5.85. The maximum atomic E-state index is 5.98. The van der Waals surface area contributed by atoms with Crippen LogP contribution in [0.2, 0.25) is 5.02 Å². The summed E-state index contributed by atoms with van der Waals surface area (Å²) in [6.07, 6.45) is 5.82. The quantitative estimate of drug-likeness (QED) is 0.593. The summed E-state index contributed by atoms with van der Waals surface area (Å²) in [5, 5.41) is 4.61. The molecule has 0 aromatic heterocycles. The molecule has 0 radical (unpaired) electrons. The third-order valence-electron chi connectivity index (χ3n) is 3.81. The molecule has 0 spiro atoms. The molecule has 1 aromatic carbocycles. The Bertz CT molecular complexity index is 389. The van der Waals surface area contributed by atoms with Crippen molar-refractivity contribution in [2.24, 2.45) is 11.8 Å². The number of nitrogens with one attached hydrogen (secondary N) is 1. The van der Waals surface area contributed by atoms with E-state index < -0.39 is 0 Å². The zero-order valence-corrected chi connectivity index (χ0v) is 12.1. The van der Waals surface area contributed by atoms with Crippen molar-refractivity contribution in [1.29, 1.82) is 0 Å². The Balaban J connectivity index is 1.39. The van der Waals surface area contributed by atoms with Crippen LogP contribution in [0.5, 0.6) is 0 Å². The summed E-state index contributed by atoms with van der Waals surface area (Å²) in [5.74, 6) is 3.12. The van der Waals surface area contributed by atoms with Crippen molar-refractivity contribution in [2.45, 2.75) is 36.6 Å². The number of hydrogen-bond donors (Lipinski definition) is 1. The molecule has 2 saturated carbocycles. The van der Waals surface area contributed by atoms with Gasteiger partial charge < -0.3 is 5.32 Å². The second-order valence-corrected chi connectivity index (χ2v) is 7.07. The number of benzene rings is 1. The predicted octanol–water partition coefficient (Wildman–Crippen LogP) is 4.21. The fraction of sp³-hybridized carbons (Fsp3) is 0.600. The zero-order valence-electron chi connectivity index (χ0n) is 10.6. The topological polar surface area (TPSA) is 12.0 Å². The third kappa shape index (κ3) is 3.66. The highest BCUT2D eigenvalue weighted by molar-refractivity contribution is 7.99. The molecule has 3 rings (SSSR count). The van der Waals surface area contributed by atoms with Gasteiger partial charge in [-0.1, -0.05) is 17.7 Å². The van der Waals surface area contributed by atoms with Crippen LogP contribution in [0.1, 0.15) is 25.7 Å². The molecule has 2 fully saturated rings. The van der Waals surface area contributed by atoms with E-state index in [-0.39, 0.29) is 0 Å². The molecule has 2 aliphatic carbocycles. The van der Waals surface area contributed by atoms with Crippen molar-refractivity contribution in [3.63, 3.8) is 0 Å². The molecular weight excluding hydrogens is 262 g/mol. The maximum Gasteiger partial charge on any atom is 0.0417 e. The van der Waals surface area contributed by atoms with Crippen molar-refractivity contribution in [3.8, 4) is 0 Å². The van der Waals surface area contributed by atoms with E-state index in [1.54, 1.807) is 0 Å². The lowest BCUT2D eigenvalue weighted by molar-refractivity contribution is 0.429. The number of halogens is 1. The highest BCUT2D eigenvalue weighted by Gasteiger charge is 2.40. The molecule has 1 aromatic rings. The highest BCUT2D eigenvalue weighted by Crippen LogP contribution is 2.44. The average molecular weight is 282 g/mol. The van der Waals surface area contributed by atoms with Gasteiger partial charge in [0.05, 0.1) is 0 Å². The lowest BCUT2D eigenvalue weighted by atomic mass is 10.1. The molecule has 0 atom stereocenters. The summed E-state index contributed by atoms with van der Waals surface area (Å²) < 4.78 is 0. The van der Waals surface area contributed by atoms with Gasteiger partial charge >= 0.3 is 0 Å². The summed E-state index contributed by atoms with van der Waals surface area (Å²) in [6.45, 7) is 1.12. The van der Waals surface area contributed by atoms with Gasteiger partial charge in [0.25, 0.3) is 0 Å². The Labute approximate surface area is 119 Å². The van der Waals surface area contributed by atoms with Gasteiger partial charge in [0.1, 0.15) is 0 Å². The van der Waals surface area contributed by atoms with Crippen LogP contribution in [0, 0.1) is 11.8 Å². The van der Waals surface area contributed by atoms with Gasteiger partial charge in [0.2, 0.25) is 0 Å². The van der Waals surface area contributed by atoms with Crippen LogP contribution in [0.15, 0.2) is 29.2 Å². The molecule has 1 N–H and O–H groups in total. The van der Waals surface area contributed by atoms with E-state index >= 15 is 0 Å². The van der Waals surface area contributed by atoms with Crippen LogP contribution >= 0.6 is 23.4 Å². The van der Waals surface area contributed by atoms with Crippen LogP contribution in [0.25, 0.3) is 0 Å². The van der Waals surface area contributed by atoms with Crippen LogP contribution in [0.4, 0.5) is 0 Å². The first-order valence-electron chi connectivity index (χ1n) is 6.95. The molecule has 0 bridgehead atoms. The summed E-state index contributed by atoms with van der Waals surface area (Å²) in [7, 11) is 0. The van der Waals surface area contributed by atoms with Crippen molar-refractivity contribution >= 4 is 23.4 Å². The van der Waals surface area contributed by atoms with Crippen LogP contribution in [-0.4, -0.2) is 18.3 Å². The predicted molar refractivity (Wildman–Crippen MR) is 79.4 cm³/mol. The van der Waals surface area contributed by atoms with Crippen LogP contribution < -0.4 is 5.32 Å². The first-order valence-corrected chi connectivity index (χ1v) is 8.31. The maximum absolute atomic E-state index is 5.98. The SMILES string of the molecule is Clc1cccc(SCCNC(C2CC2)C2CC2)c1. The second-order valence-electron chi connectivity index (χ2n) is 5.46. The Hall–Kier alpha value is -0.180. The Kier molecular flexibility index (Phi) is 4.17. The van der Waals surface area contributed by atoms with E-state index in [2.05, 4.69) is 11.4 Å². The number of rotatable bonds is 7. The molecule has 0 amide bonds. The van der Waals surface area contributed by atoms with Crippen molar-refractivity contribution < 1.29 is 0 Å². The van der Waals surface area contributed by atoms with Crippen molar-refractivity contribution in [2.75, 3.05) is 12.3 Å². The van der Waals surface area contributed by atoms with Gasteiger partial charge in [-0.2, -0.15) is 0 Å². The Morgan fingerprint density at radius 1 is 1.22 bits per heavy atom. The lowest BCUT2D eigenvalue weighted by Gasteiger charge is -2.17. The first-order chi connectivity index (χ1) is 8.83. The zero-order chi connectivity index (χ0) is 12.4. The minimum absolute atomic E-state index is 0.824. The third-order valence-corrected chi connectivity index (χ3v) is 5.04. The highest BCUT2D eigenvalue weighted by atomic mass is 35.5. The molecule has 2 aliphatic rings. The summed E-state index contributed by atoms with van der Waals surface area (Å²) in [4.78, 5) is 1.28. The van der Waals surface area contributed by atoms with Gasteiger partial charge in [-0.15, -0.1) is 11.8 Å². The smallest absolute Gasteiger partial charge is 0.0417 e. The fourth-order valence-corrected chi connectivity index (χ4v) is 3.68. The first kappa shape index (κ1) is 12.8. The minimum atomic E-state index is 0.824. The molecule has 98 valence electrons. The molecule has 18 heavy (non-hydrogen) atoms. The van der Waals surface area contributed by atoms with Gasteiger partial charge in [-0.25, -0.2) is 0 Å². The van der Waals surface area contributed by atoms with E-state index in [1.165, 1.54) is 30.6 Å². The molecule has 1 nitrogen and oxygen atoms in total. The fourth-order valence-electron chi connectivity index (χ4n) is 2.58. The lowest BCUT2D eigenvalue weighted by Crippen LogP contribution is -2.34. The van der Waals surface area contributed by atoms with E-state index in [4.69, 9.17) is 11.6 Å². The Morgan fingerprint density at radius 3 is 2.56 bits per heavy atom. The van der Waals surface area contributed by atoms with Gasteiger partial charge in [0, 0.05) is 28.3 Å². The molecule has 0 unspecified atom stereocenters. The van der Waals surface area contributed by atoms with E-state index in [1.807, 2.05) is 30.0 Å². The Morgan fingerprint density at radius 2 is 1.94 bits per heavy atom. The average Bonchev–Trinajstić information content (AvgIpc) is 3.23. The van der Waals surface area contributed by atoms with Crippen LogP contribution in [0.3, 0.4) is 0 Å². The minimum Gasteiger partial charge on any atom is -0.313 e. The summed E-state index contributed by atoms with van der Waals surface area (Å²) >= 11 is 7.87. The summed E-state index contributed by atoms with van der Waals surface area (Å²) in [5.41, 5.74) is 0. The molecule has 0 aliphatic heterocycles. The molecule has 3 heteroatoms. The monoisotopic (exact) mass is 281 g/mol. The van der Waals surface area contributed by atoms with E-state index in [0.717, 1.165) is 35.2 Å². The van der Waals surface area contributed by atoms with Crippen molar-refractivity contribution in [1.82, 2.24) is 5.32 Å².